The second-order valence-corrected chi connectivity index (χ2v) is 7.42. The summed E-state index contributed by atoms with van der Waals surface area (Å²) in [6, 6.07) is 14.8. The van der Waals surface area contributed by atoms with Crippen LogP contribution in [0.2, 0.25) is 0 Å². The van der Waals surface area contributed by atoms with E-state index in [2.05, 4.69) is 27.5 Å². The average Bonchev–Trinajstić information content (AvgIpc) is 3.31. The van der Waals surface area contributed by atoms with E-state index in [-0.39, 0.29) is 5.91 Å². The van der Waals surface area contributed by atoms with Gasteiger partial charge in [-0.2, -0.15) is 9.61 Å². The molecule has 0 radical (unpaired) electrons. The highest BCUT2D eigenvalue weighted by Crippen LogP contribution is 2.28. The number of anilines is 1. The van der Waals surface area contributed by atoms with Crippen LogP contribution in [0.15, 0.2) is 48.5 Å². The molecule has 0 unspecified atom stereocenters. The largest absolute Gasteiger partial charge is 0.494 e. The maximum Gasteiger partial charge on any atom is 0.255 e. The number of hydrogen-bond acceptors (Lipinski definition) is 6. The van der Waals surface area contributed by atoms with Crippen LogP contribution in [0, 0.1) is 0 Å². The lowest BCUT2D eigenvalue weighted by molar-refractivity contribution is 0.102. The van der Waals surface area contributed by atoms with Crippen molar-refractivity contribution in [1.82, 2.24) is 19.8 Å². The smallest absolute Gasteiger partial charge is 0.255 e. The van der Waals surface area contributed by atoms with Crippen LogP contribution in [-0.4, -0.2) is 32.3 Å². The lowest BCUT2D eigenvalue weighted by Gasteiger charge is -2.08. The van der Waals surface area contributed by atoms with Gasteiger partial charge in [0.25, 0.3) is 5.91 Å². The van der Waals surface area contributed by atoms with E-state index in [1.807, 2.05) is 43.3 Å². The number of aryl methyl sites for hydroxylation is 1. The molecule has 0 bridgehead atoms. The van der Waals surface area contributed by atoms with Crippen molar-refractivity contribution >= 4 is 27.9 Å². The van der Waals surface area contributed by atoms with Gasteiger partial charge in [0.05, 0.1) is 6.61 Å². The van der Waals surface area contributed by atoms with Gasteiger partial charge in [-0.1, -0.05) is 36.5 Å². The molecule has 148 valence electrons. The van der Waals surface area contributed by atoms with E-state index in [9.17, 15) is 4.79 Å². The van der Waals surface area contributed by atoms with Crippen LogP contribution in [0.25, 0.3) is 15.5 Å². The highest BCUT2D eigenvalue weighted by Gasteiger charge is 2.13. The standard InChI is InChI=1S/C21H21N5O2S/c1-3-7-18-23-24-21-26(18)25-20(29-21)15-9-5-10-16(12-15)22-19(27)14-8-6-11-17(13-14)28-4-2/h5-6,8-13H,3-4,7H2,1-2H3,(H,22,27). The minimum Gasteiger partial charge on any atom is -0.494 e. The quantitative estimate of drug-likeness (QED) is 0.489. The molecule has 0 aliphatic carbocycles. The summed E-state index contributed by atoms with van der Waals surface area (Å²) in [5, 5.41) is 16.8. The molecule has 29 heavy (non-hydrogen) atoms. The number of fused-ring (bicyclic) bond motifs is 1. The van der Waals surface area contributed by atoms with Crippen molar-refractivity contribution in [2.24, 2.45) is 0 Å². The van der Waals surface area contributed by atoms with Gasteiger partial charge in [-0.15, -0.1) is 10.2 Å². The summed E-state index contributed by atoms with van der Waals surface area (Å²) in [4.78, 5) is 13.4. The maximum absolute atomic E-state index is 12.6. The van der Waals surface area contributed by atoms with Crippen molar-refractivity contribution in [1.29, 1.82) is 0 Å². The van der Waals surface area contributed by atoms with E-state index >= 15 is 0 Å². The number of carbonyl (C=O) groups excluding carboxylic acids is 1. The monoisotopic (exact) mass is 407 g/mol. The van der Waals surface area contributed by atoms with E-state index in [1.165, 1.54) is 11.3 Å². The van der Waals surface area contributed by atoms with Crippen molar-refractivity contribution in [3.05, 3.63) is 59.9 Å². The summed E-state index contributed by atoms with van der Waals surface area (Å²) in [5.41, 5.74) is 2.17. The van der Waals surface area contributed by atoms with E-state index in [0.29, 0.717) is 23.6 Å². The normalized spacial score (nSPS) is 11.0. The van der Waals surface area contributed by atoms with Crippen LogP contribution in [0.5, 0.6) is 5.75 Å². The Balaban J connectivity index is 1.56. The van der Waals surface area contributed by atoms with Gasteiger partial charge in [-0.25, -0.2) is 0 Å². The maximum atomic E-state index is 12.6. The van der Waals surface area contributed by atoms with Gasteiger partial charge in [0, 0.05) is 23.2 Å². The molecule has 0 saturated carbocycles. The zero-order chi connectivity index (χ0) is 20.2. The number of rotatable bonds is 7. The number of aromatic nitrogens is 4. The van der Waals surface area contributed by atoms with Crippen molar-refractivity contribution < 1.29 is 9.53 Å². The molecule has 1 amide bonds. The number of nitrogens with zero attached hydrogens (tertiary/aromatic N) is 4. The predicted molar refractivity (Wildman–Crippen MR) is 114 cm³/mol. The molecule has 4 rings (SSSR count). The summed E-state index contributed by atoms with van der Waals surface area (Å²) in [7, 11) is 0. The first-order valence-electron chi connectivity index (χ1n) is 9.53. The first kappa shape index (κ1) is 19.1. The fourth-order valence-corrected chi connectivity index (χ4v) is 3.84. The van der Waals surface area contributed by atoms with Gasteiger partial charge in [-0.3, -0.25) is 4.79 Å². The molecule has 2 heterocycles. The minimum absolute atomic E-state index is 0.188. The SMILES string of the molecule is CCCc1nnc2sc(-c3cccc(NC(=O)c4cccc(OCC)c4)c3)nn12. The first-order valence-corrected chi connectivity index (χ1v) is 10.4. The first-order chi connectivity index (χ1) is 14.2. The van der Waals surface area contributed by atoms with Crippen LogP contribution >= 0.6 is 11.3 Å². The molecule has 1 N–H and O–H groups in total. The lowest BCUT2D eigenvalue weighted by Crippen LogP contribution is -2.12. The van der Waals surface area contributed by atoms with E-state index in [0.717, 1.165) is 34.2 Å². The Morgan fingerprint density at radius 1 is 1.14 bits per heavy atom. The number of amides is 1. The highest BCUT2D eigenvalue weighted by molar-refractivity contribution is 7.19. The highest BCUT2D eigenvalue weighted by atomic mass is 32.1. The summed E-state index contributed by atoms with van der Waals surface area (Å²) < 4.78 is 7.27. The number of ether oxygens (including phenoxy) is 1. The van der Waals surface area contributed by atoms with Crippen molar-refractivity contribution in [3.63, 3.8) is 0 Å². The fourth-order valence-electron chi connectivity index (χ4n) is 2.98. The Bertz CT molecular complexity index is 1150. The number of hydrogen-bond donors (Lipinski definition) is 1. The topological polar surface area (TPSA) is 81.4 Å². The number of nitrogens with one attached hydrogen (secondary N) is 1. The Kier molecular flexibility index (Phi) is 5.53. The predicted octanol–water partition coefficient (Wildman–Crippen LogP) is 4.46. The molecule has 0 saturated heterocycles. The van der Waals surface area contributed by atoms with Crippen molar-refractivity contribution in [2.75, 3.05) is 11.9 Å². The third-order valence-corrected chi connectivity index (χ3v) is 5.25. The van der Waals surface area contributed by atoms with Crippen molar-refractivity contribution in [2.45, 2.75) is 26.7 Å². The molecular weight excluding hydrogens is 386 g/mol. The van der Waals surface area contributed by atoms with E-state index in [4.69, 9.17) is 4.74 Å². The Morgan fingerprint density at radius 3 is 2.83 bits per heavy atom. The number of benzene rings is 2. The van der Waals surface area contributed by atoms with Gasteiger partial charge in [0.2, 0.25) is 4.96 Å². The molecule has 4 aromatic rings. The summed E-state index contributed by atoms with van der Waals surface area (Å²) >= 11 is 1.48. The van der Waals surface area contributed by atoms with Crippen molar-refractivity contribution in [3.8, 4) is 16.3 Å². The molecule has 2 aromatic heterocycles. The fraction of sp³-hybridized carbons (Fsp3) is 0.238. The summed E-state index contributed by atoms with van der Waals surface area (Å²) in [6.45, 7) is 4.57. The van der Waals surface area contributed by atoms with Crippen LogP contribution in [0.4, 0.5) is 5.69 Å². The molecule has 0 fully saturated rings. The lowest BCUT2D eigenvalue weighted by atomic mass is 10.1. The van der Waals surface area contributed by atoms with Gasteiger partial charge in [0.15, 0.2) is 5.82 Å². The molecule has 0 aliphatic rings. The second kappa shape index (κ2) is 8.40. The van der Waals surface area contributed by atoms with Crippen LogP contribution in [-0.2, 0) is 6.42 Å². The molecule has 7 nitrogen and oxygen atoms in total. The molecule has 2 aromatic carbocycles. The van der Waals surface area contributed by atoms with E-state index < -0.39 is 0 Å². The third kappa shape index (κ3) is 4.12. The van der Waals surface area contributed by atoms with Gasteiger partial charge < -0.3 is 10.1 Å². The zero-order valence-corrected chi connectivity index (χ0v) is 17.1. The van der Waals surface area contributed by atoms with Crippen LogP contribution in [0.3, 0.4) is 0 Å². The Labute approximate surface area is 172 Å². The van der Waals surface area contributed by atoms with E-state index in [1.54, 1.807) is 16.6 Å². The van der Waals surface area contributed by atoms with Crippen LogP contribution < -0.4 is 10.1 Å². The molecule has 0 spiro atoms. The third-order valence-electron chi connectivity index (χ3n) is 4.30. The molecule has 8 heteroatoms. The van der Waals surface area contributed by atoms with Gasteiger partial charge >= 0.3 is 0 Å². The minimum atomic E-state index is -0.188. The average molecular weight is 407 g/mol. The number of carbonyl (C=O) groups is 1. The Morgan fingerprint density at radius 2 is 2.00 bits per heavy atom. The zero-order valence-electron chi connectivity index (χ0n) is 16.3. The Hall–Kier alpha value is -3.26. The van der Waals surface area contributed by atoms with Gasteiger partial charge in [-0.05, 0) is 43.7 Å². The van der Waals surface area contributed by atoms with Gasteiger partial charge in [0.1, 0.15) is 10.8 Å². The summed E-state index contributed by atoms with van der Waals surface area (Å²) in [5.74, 6) is 1.35. The molecule has 0 aliphatic heterocycles. The summed E-state index contributed by atoms with van der Waals surface area (Å²) in [6.07, 6.45) is 1.82. The molecule has 0 atom stereocenters. The van der Waals surface area contributed by atoms with Crippen LogP contribution in [0.1, 0.15) is 36.5 Å². The molecular formula is C21H21N5O2S. The second-order valence-electron chi connectivity index (χ2n) is 6.46.